The van der Waals surface area contributed by atoms with E-state index in [4.69, 9.17) is 11.6 Å². The minimum absolute atomic E-state index is 0.250. The van der Waals surface area contributed by atoms with E-state index in [0.717, 1.165) is 4.90 Å². The Hall–Kier alpha value is -3.88. The van der Waals surface area contributed by atoms with Crippen LogP contribution in [-0.4, -0.2) is 34.0 Å². The maximum atomic E-state index is 13.9. The number of para-hydroxylation sites is 1. The van der Waals surface area contributed by atoms with Gasteiger partial charge in [-0.2, -0.15) is 0 Å². The summed E-state index contributed by atoms with van der Waals surface area (Å²) in [5.74, 6) is -3.59. The molecule has 3 aliphatic heterocycles. The van der Waals surface area contributed by atoms with Crippen molar-refractivity contribution < 1.29 is 24.6 Å². The van der Waals surface area contributed by atoms with Crippen molar-refractivity contribution in [1.29, 1.82) is 0 Å². The lowest BCUT2D eigenvalue weighted by molar-refractivity contribution is -0.130. The zero-order valence-corrected chi connectivity index (χ0v) is 19.0. The monoisotopic (exact) mass is 489 g/mol. The summed E-state index contributed by atoms with van der Waals surface area (Å²) >= 11 is 6.01. The van der Waals surface area contributed by atoms with Gasteiger partial charge in [-0.3, -0.25) is 19.7 Å². The van der Waals surface area contributed by atoms with Gasteiger partial charge in [-0.05, 0) is 54.4 Å². The maximum Gasteiger partial charge on any atom is 0.250 e. The highest BCUT2D eigenvalue weighted by Crippen LogP contribution is 2.54. The van der Waals surface area contributed by atoms with Crippen molar-refractivity contribution in [2.75, 3.05) is 10.2 Å². The van der Waals surface area contributed by atoms with Gasteiger partial charge in [0.1, 0.15) is 5.54 Å². The van der Waals surface area contributed by atoms with Crippen LogP contribution in [0.2, 0.25) is 5.02 Å². The molecule has 2 fully saturated rings. The number of hydrogen-bond donors (Lipinski definition) is 4. The molecule has 0 aliphatic carbocycles. The summed E-state index contributed by atoms with van der Waals surface area (Å²) in [7, 11) is 0. The second kappa shape index (κ2) is 7.56. The van der Waals surface area contributed by atoms with Gasteiger partial charge >= 0.3 is 0 Å². The smallest absolute Gasteiger partial charge is 0.250 e. The molecule has 2 saturated heterocycles. The van der Waals surface area contributed by atoms with Crippen LogP contribution in [0.1, 0.15) is 11.1 Å². The highest BCUT2D eigenvalue weighted by atomic mass is 35.5. The first-order chi connectivity index (χ1) is 16.8. The number of phenols is 2. The first-order valence-corrected chi connectivity index (χ1v) is 11.5. The molecule has 0 aromatic heterocycles. The molecule has 35 heavy (non-hydrogen) atoms. The number of nitrogens with zero attached hydrogens (tertiary/aromatic N) is 1. The number of rotatable bonds is 3. The first-order valence-electron chi connectivity index (χ1n) is 11.1. The third-order valence-corrected chi connectivity index (χ3v) is 7.45. The normalized spacial score (nSPS) is 26.8. The summed E-state index contributed by atoms with van der Waals surface area (Å²) in [6, 6.07) is 17.4. The SMILES string of the molecule is O=C1[C@H]2[C@@H](C(=O)N1c1ccc(Cl)cc1)[C@@]1(N[C@@H]2Cc2ccc(O)c(O)c2)C(=O)Nc2ccccc21. The predicted molar refractivity (Wildman–Crippen MR) is 128 cm³/mol. The average Bonchev–Trinajstić information content (AvgIpc) is 3.42. The lowest BCUT2D eigenvalue weighted by Crippen LogP contribution is -2.53. The van der Waals surface area contributed by atoms with Gasteiger partial charge in [-0.1, -0.05) is 35.9 Å². The van der Waals surface area contributed by atoms with Crippen molar-refractivity contribution in [3.05, 3.63) is 82.9 Å². The molecule has 1 spiro atoms. The quantitative estimate of drug-likeness (QED) is 0.332. The molecule has 0 unspecified atom stereocenters. The highest BCUT2D eigenvalue weighted by molar-refractivity contribution is 6.31. The van der Waals surface area contributed by atoms with Crippen molar-refractivity contribution in [2.24, 2.45) is 11.8 Å². The van der Waals surface area contributed by atoms with E-state index in [1.54, 1.807) is 54.6 Å². The van der Waals surface area contributed by atoms with Crippen LogP contribution >= 0.6 is 11.6 Å². The van der Waals surface area contributed by atoms with Crippen molar-refractivity contribution in [2.45, 2.75) is 18.0 Å². The van der Waals surface area contributed by atoms with Crippen LogP contribution in [0, 0.1) is 11.8 Å². The summed E-state index contributed by atoms with van der Waals surface area (Å²) in [6.07, 6.45) is 0.250. The molecule has 8 nitrogen and oxygen atoms in total. The van der Waals surface area contributed by atoms with Crippen LogP contribution in [0.4, 0.5) is 11.4 Å². The second-order valence-electron chi connectivity index (χ2n) is 9.08. The zero-order chi connectivity index (χ0) is 24.5. The predicted octanol–water partition coefficient (Wildman–Crippen LogP) is 2.92. The molecule has 3 heterocycles. The Labute approximate surface area is 205 Å². The number of phenolic OH excluding ortho intramolecular Hbond substituents is 2. The number of amides is 3. The molecule has 6 rings (SSSR count). The van der Waals surface area contributed by atoms with E-state index < -0.39 is 35.2 Å². The third kappa shape index (κ3) is 3.00. The number of halogens is 1. The number of carbonyl (C=O) groups excluding carboxylic acids is 3. The lowest BCUT2D eigenvalue weighted by atomic mass is 9.76. The van der Waals surface area contributed by atoms with Crippen molar-refractivity contribution in [3.8, 4) is 11.5 Å². The van der Waals surface area contributed by atoms with Gasteiger partial charge in [0.05, 0.1) is 17.5 Å². The van der Waals surface area contributed by atoms with E-state index in [0.29, 0.717) is 27.5 Å². The fourth-order valence-corrected chi connectivity index (χ4v) is 5.85. The van der Waals surface area contributed by atoms with E-state index in [2.05, 4.69) is 10.6 Å². The molecule has 3 aromatic carbocycles. The molecule has 4 N–H and O–H groups in total. The Morgan fingerprint density at radius 3 is 2.40 bits per heavy atom. The van der Waals surface area contributed by atoms with E-state index in [9.17, 15) is 24.6 Å². The number of nitrogens with one attached hydrogen (secondary N) is 2. The summed E-state index contributed by atoms with van der Waals surface area (Å²) < 4.78 is 0. The Morgan fingerprint density at radius 1 is 0.914 bits per heavy atom. The fraction of sp³-hybridized carbons (Fsp3) is 0.192. The van der Waals surface area contributed by atoms with Crippen LogP contribution in [0.15, 0.2) is 66.7 Å². The van der Waals surface area contributed by atoms with Crippen molar-refractivity contribution >= 4 is 40.7 Å². The maximum absolute atomic E-state index is 13.9. The van der Waals surface area contributed by atoms with E-state index in [1.807, 2.05) is 0 Å². The van der Waals surface area contributed by atoms with E-state index in [-0.39, 0.29) is 23.8 Å². The number of anilines is 2. The molecule has 4 atom stereocenters. The number of hydrogen-bond acceptors (Lipinski definition) is 6. The van der Waals surface area contributed by atoms with Gasteiger partial charge < -0.3 is 15.5 Å². The first kappa shape index (κ1) is 21.6. The number of carbonyl (C=O) groups is 3. The van der Waals surface area contributed by atoms with Crippen LogP contribution in [0.25, 0.3) is 0 Å². The van der Waals surface area contributed by atoms with E-state index >= 15 is 0 Å². The Kier molecular flexibility index (Phi) is 4.67. The number of fused-ring (bicyclic) bond motifs is 4. The standard InChI is InChI=1S/C26H20ClN3O5/c27-14-6-8-15(9-7-14)30-23(33)21-18(11-13-5-10-19(31)20(32)12-13)29-26(22(21)24(30)34)16-3-1-2-4-17(16)28-25(26)35/h1-10,12,18,21-22,29,31-32H,11H2,(H,28,35)/t18-,21-,22+,26-/m1/s1. The van der Waals surface area contributed by atoms with Crippen molar-refractivity contribution in [3.63, 3.8) is 0 Å². The molecule has 3 aliphatic rings. The topological polar surface area (TPSA) is 119 Å². The number of benzene rings is 3. The molecule has 3 amide bonds. The van der Waals surface area contributed by atoms with Crippen LogP contribution in [0.5, 0.6) is 11.5 Å². The molecule has 0 saturated carbocycles. The molecule has 3 aromatic rings. The van der Waals surface area contributed by atoms with Crippen LogP contribution in [0.3, 0.4) is 0 Å². The van der Waals surface area contributed by atoms with Crippen LogP contribution in [-0.2, 0) is 26.3 Å². The molecular weight excluding hydrogens is 470 g/mol. The Morgan fingerprint density at radius 2 is 1.66 bits per heavy atom. The minimum Gasteiger partial charge on any atom is -0.504 e. The zero-order valence-electron chi connectivity index (χ0n) is 18.2. The largest absolute Gasteiger partial charge is 0.504 e. The Balaban J connectivity index is 1.48. The summed E-state index contributed by atoms with van der Waals surface area (Å²) in [4.78, 5) is 42.3. The minimum atomic E-state index is -1.42. The molecule has 0 radical (unpaired) electrons. The molecule has 176 valence electrons. The third-order valence-electron chi connectivity index (χ3n) is 7.20. The Bertz CT molecular complexity index is 1410. The fourth-order valence-electron chi connectivity index (χ4n) is 5.73. The number of aromatic hydroxyl groups is 2. The van der Waals surface area contributed by atoms with Gasteiger partial charge in [0.15, 0.2) is 11.5 Å². The van der Waals surface area contributed by atoms with Gasteiger partial charge in [0.2, 0.25) is 17.7 Å². The number of imide groups is 1. The summed E-state index contributed by atoms with van der Waals surface area (Å²) in [5.41, 5.74) is 0.831. The molecule has 0 bridgehead atoms. The van der Waals surface area contributed by atoms with Crippen molar-refractivity contribution in [1.82, 2.24) is 5.32 Å². The highest BCUT2D eigenvalue weighted by Gasteiger charge is 2.70. The van der Waals surface area contributed by atoms with E-state index in [1.165, 1.54) is 12.1 Å². The van der Waals surface area contributed by atoms with Gasteiger partial charge in [0, 0.05) is 22.3 Å². The summed E-state index contributed by atoms with van der Waals surface area (Å²) in [6.45, 7) is 0. The average molecular weight is 490 g/mol. The molecular formula is C26H20ClN3O5. The molecule has 9 heteroatoms. The van der Waals surface area contributed by atoms with Crippen LogP contribution < -0.4 is 15.5 Å². The lowest BCUT2D eigenvalue weighted by Gasteiger charge is -2.29. The summed E-state index contributed by atoms with van der Waals surface area (Å²) in [5, 5.41) is 26.4. The van der Waals surface area contributed by atoms with Gasteiger partial charge in [-0.15, -0.1) is 0 Å². The van der Waals surface area contributed by atoms with Gasteiger partial charge in [-0.25, -0.2) is 4.90 Å². The second-order valence-corrected chi connectivity index (χ2v) is 9.51. The van der Waals surface area contributed by atoms with Gasteiger partial charge in [0.25, 0.3) is 0 Å².